The fraction of sp³-hybridized carbons (Fsp3) is 0.211. The van der Waals surface area contributed by atoms with Crippen molar-refractivity contribution in [3.05, 3.63) is 65.7 Å². The van der Waals surface area contributed by atoms with Gasteiger partial charge in [-0.15, -0.1) is 0 Å². The van der Waals surface area contributed by atoms with Crippen molar-refractivity contribution in [3.8, 4) is 11.3 Å². The van der Waals surface area contributed by atoms with Crippen LogP contribution in [-0.2, 0) is 12.8 Å². The van der Waals surface area contributed by atoms with Crippen LogP contribution in [0.2, 0.25) is 0 Å². The molecule has 0 amide bonds. The molecule has 0 atom stereocenters. The maximum absolute atomic E-state index is 9.34. The van der Waals surface area contributed by atoms with Crippen LogP contribution in [0.25, 0.3) is 22.2 Å². The molecule has 2 aromatic carbocycles. The van der Waals surface area contributed by atoms with Crippen LogP contribution in [0.3, 0.4) is 0 Å². The van der Waals surface area contributed by atoms with Crippen LogP contribution in [0.4, 0.5) is 0 Å². The first-order valence-corrected chi connectivity index (χ1v) is 7.40. The molecule has 2 nitrogen and oxygen atoms in total. The number of rotatable bonds is 4. The average Bonchev–Trinajstić information content (AvgIpc) is 2.55. The highest BCUT2D eigenvalue weighted by Gasteiger charge is 2.09. The van der Waals surface area contributed by atoms with Gasteiger partial charge in [-0.3, -0.25) is 0 Å². The number of hydrogen-bond acceptors (Lipinski definition) is 2. The number of fused-ring (bicyclic) bond motifs is 1. The Balaban J connectivity index is 2.20. The third-order valence-electron chi connectivity index (χ3n) is 3.79. The minimum absolute atomic E-state index is 0.139. The normalized spacial score (nSPS) is 11.0. The Morgan fingerprint density at radius 1 is 1.00 bits per heavy atom. The SMILES string of the molecule is CCc1ccc2nc(-c3ccccc3)c(CCO)cc2c1. The van der Waals surface area contributed by atoms with E-state index in [2.05, 4.69) is 43.3 Å². The number of hydrogen-bond donors (Lipinski definition) is 1. The molecule has 0 saturated carbocycles. The Morgan fingerprint density at radius 2 is 1.81 bits per heavy atom. The maximum Gasteiger partial charge on any atom is 0.0742 e. The van der Waals surface area contributed by atoms with E-state index in [0.717, 1.165) is 34.1 Å². The van der Waals surface area contributed by atoms with Gasteiger partial charge in [0.2, 0.25) is 0 Å². The summed E-state index contributed by atoms with van der Waals surface area (Å²) in [5.74, 6) is 0. The van der Waals surface area contributed by atoms with Crippen LogP contribution in [0.1, 0.15) is 18.1 Å². The van der Waals surface area contributed by atoms with Gasteiger partial charge in [-0.1, -0.05) is 43.3 Å². The standard InChI is InChI=1S/C19H19NO/c1-2-14-8-9-18-17(12-14)13-16(10-11-21)19(20-18)15-6-4-3-5-7-15/h3-9,12-13,21H,2,10-11H2,1H3. The topological polar surface area (TPSA) is 33.1 Å². The van der Waals surface area contributed by atoms with Crippen molar-refractivity contribution in [3.63, 3.8) is 0 Å². The lowest BCUT2D eigenvalue weighted by Gasteiger charge is -2.11. The second-order valence-corrected chi connectivity index (χ2v) is 5.22. The van der Waals surface area contributed by atoms with Gasteiger partial charge >= 0.3 is 0 Å². The fourth-order valence-corrected chi connectivity index (χ4v) is 2.65. The number of aliphatic hydroxyl groups excluding tert-OH is 1. The van der Waals surface area contributed by atoms with Gasteiger partial charge in [0.1, 0.15) is 0 Å². The monoisotopic (exact) mass is 277 g/mol. The number of nitrogens with zero attached hydrogens (tertiary/aromatic N) is 1. The fourth-order valence-electron chi connectivity index (χ4n) is 2.65. The van der Waals surface area contributed by atoms with E-state index in [4.69, 9.17) is 4.98 Å². The van der Waals surface area contributed by atoms with Crippen LogP contribution in [-0.4, -0.2) is 16.7 Å². The molecule has 21 heavy (non-hydrogen) atoms. The second-order valence-electron chi connectivity index (χ2n) is 5.22. The molecule has 2 heteroatoms. The highest BCUT2D eigenvalue weighted by atomic mass is 16.2. The number of aromatic nitrogens is 1. The molecule has 0 unspecified atom stereocenters. The van der Waals surface area contributed by atoms with E-state index < -0.39 is 0 Å². The van der Waals surface area contributed by atoms with Crippen molar-refractivity contribution < 1.29 is 5.11 Å². The first kappa shape index (κ1) is 13.8. The van der Waals surface area contributed by atoms with E-state index in [9.17, 15) is 5.11 Å². The third-order valence-corrected chi connectivity index (χ3v) is 3.79. The van der Waals surface area contributed by atoms with E-state index in [0.29, 0.717) is 6.42 Å². The summed E-state index contributed by atoms with van der Waals surface area (Å²) in [7, 11) is 0. The molecule has 106 valence electrons. The predicted octanol–water partition coefficient (Wildman–Crippen LogP) is 4.00. The number of pyridine rings is 1. The van der Waals surface area contributed by atoms with E-state index >= 15 is 0 Å². The Morgan fingerprint density at radius 3 is 2.52 bits per heavy atom. The average molecular weight is 277 g/mol. The summed E-state index contributed by atoms with van der Waals surface area (Å²) in [6.45, 7) is 2.29. The van der Waals surface area contributed by atoms with Gasteiger partial charge in [0.15, 0.2) is 0 Å². The van der Waals surface area contributed by atoms with Crippen LogP contribution >= 0.6 is 0 Å². The minimum Gasteiger partial charge on any atom is -0.396 e. The highest BCUT2D eigenvalue weighted by Crippen LogP contribution is 2.26. The van der Waals surface area contributed by atoms with E-state index in [1.807, 2.05) is 18.2 Å². The van der Waals surface area contributed by atoms with Crippen LogP contribution < -0.4 is 0 Å². The number of aryl methyl sites for hydroxylation is 1. The first-order chi connectivity index (χ1) is 10.3. The van der Waals surface area contributed by atoms with Gasteiger partial charge in [-0.05, 0) is 42.2 Å². The van der Waals surface area contributed by atoms with Crippen molar-refractivity contribution in [1.82, 2.24) is 4.98 Å². The summed E-state index contributed by atoms with van der Waals surface area (Å²) in [5, 5.41) is 10.5. The summed E-state index contributed by atoms with van der Waals surface area (Å²) in [6, 6.07) is 18.8. The van der Waals surface area contributed by atoms with Crippen molar-refractivity contribution in [2.24, 2.45) is 0 Å². The largest absolute Gasteiger partial charge is 0.396 e. The van der Waals surface area contributed by atoms with Crippen LogP contribution in [0, 0.1) is 0 Å². The molecule has 0 radical (unpaired) electrons. The molecule has 0 bridgehead atoms. The molecule has 0 saturated heterocycles. The molecule has 1 aromatic heterocycles. The summed E-state index contributed by atoms with van der Waals surface area (Å²) >= 11 is 0. The molecular weight excluding hydrogens is 258 g/mol. The van der Waals surface area contributed by atoms with Gasteiger partial charge < -0.3 is 5.11 Å². The van der Waals surface area contributed by atoms with E-state index in [1.165, 1.54) is 5.56 Å². The molecule has 1 N–H and O–H groups in total. The van der Waals surface area contributed by atoms with Gasteiger partial charge in [-0.25, -0.2) is 4.98 Å². The predicted molar refractivity (Wildman–Crippen MR) is 87.3 cm³/mol. The third kappa shape index (κ3) is 2.81. The van der Waals surface area contributed by atoms with E-state index in [1.54, 1.807) is 0 Å². The lowest BCUT2D eigenvalue weighted by atomic mass is 10.00. The molecular formula is C19H19NO. The molecule has 1 heterocycles. The molecule has 0 spiro atoms. The quantitative estimate of drug-likeness (QED) is 0.782. The summed E-state index contributed by atoms with van der Waals surface area (Å²) < 4.78 is 0. The van der Waals surface area contributed by atoms with Crippen molar-refractivity contribution in [1.29, 1.82) is 0 Å². The van der Waals surface area contributed by atoms with Crippen molar-refractivity contribution >= 4 is 10.9 Å². The van der Waals surface area contributed by atoms with Crippen molar-refractivity contribution in [2.45, 2.75) is 19.8 Å². The van der Waals surface area contributed by atoms with Gasteiger partial charge in [-0.2, -0.15) is 0 Å². The Hall–Kier alpha value is -2.19. The Labute approximate surface area is 125 Å². The van der Waals surface area contributed by atoms with Crippen LogP contribution in [0.15, 0.2) is 54.6 Å². The molecule has 3 aromatic rings. The molecule has 0 aliphatic rings. The highest BCUT2D eigenvalue weighted by molar-refractivity contribution is 5.84. The lowest BCUT2D eigenvalue weighted by molar-refractivity contribution is 0.299. The lowest BCUT2D eigenvalue weighted by Crippen LogP contribution is -1.98. The Kier molecular flexibility index (Phi) is 3.98. The Bertz CT molecular complexity index is 750. The number of benzene rings is 2. The van der Waals surface area contributed by atoms with Gasteiger partial charge in [0.25, 0.3) is 0 Å². The second kappa shape index (κ2) is 6.06. The molecule has 3 rings (SSSR count). The summed E-state index contributed by atoms with van der Waals surface area (Å²) in [6.07, 6.45) is 1.65. The van der Waals surface area contributed by atoms with Gasteiger partial charge in [0, 0.05) is 17.6 Å². The van der Waals surface area contributed by atoms with E-state index in [-0.39, 0.29) is 6.61 Å². The molecule has 0 aliphatic carbocycles. The zero-order chi connectivity index (χ0) is 14.7. The van der Waals surface area contributed by atoms with Gasteiger partial charge in [0.05, 0.1) is 11.2 Å². The summed E-state index contributed by atoms with van der Waals surface area (Å²) in [4.78, 5) is 4.83. The van der Waals surface area contributed by atoms with Crippen LogP contribution in [0.5, 0.6) is 0 Å². The maximum atomic E-state index is 9.34. The summed E-state index contributed by atoms with van der Waals surface area (Å²) in [5.41, 5.74) is 5.49. The number of aliphatic hydroxyl groups is 1. The minimum atomic E-state index is 0.139. The zero-order valence-electron chi connectivity index (χ0n) is 12.2. The van der Waals surface area contributed by atoms with Crippen molar-refractivity contribution in [2.75, 3.05) is 6.61 Å². The zero-order valence-corrected chi connectivity index (χ0v) is 12.2. The first-order valence-electron chi connectivity index (χ1n) is 7.40. The molecule has 0 fully saturated rings. The molecule has 0 aliphatic heterocycles. The smallest absolute Gasteiger partial charge is 0.0742 e.